The van der Waals surface area contributed by atoms with Gasteiger partial charge < -0.3 is 10.5 Å². The van der Waals surface area contributed by atoms with Crippen molar-refractivity contribution in [2.45, 2.75) is 51.7 Å². The van der Waals surface area contributed by atoms with Crippen molar-refractivity contribution in [3.63, 3.8) is 0 Å². The van der Waals surface area contributed by atoms with E-state index < -0.39 is 0 Å². The van der Waals surface area contributed by atoms with Crippen LogP contribution in [0.25, 0.3) is 10.9 Å². The van der Waals surface area contributed by atoms with E-state index in [-0.39, 0.29) is 0 Å². The summed E-state index contributed by atoms with van der Waals surface area (Å²) in [6, 6.07) is 10.2. The molecule has 0 radical (unpaired) electrons. The van der Waals surface area contributed by atoms with Crippen LogP contribution in [0.2, 0.25) is 0 Å². The molecule has 3 nitrogen and oxygen atoms in total. The van der Waals surface area contributed by atoms with Gasteiger partial charge in [-0.2, -0.15) is 0 Å². The summed E-state index contributed by atoms with van der Waals surface area (Å²) in [5.74, 6) is 1.40. The summed E-state index contributed by atoms with van der Waals surface area (Å²) in [4.78, 5) is 4.67. The minimum absolute atomic E-state index is 0.308. The largest absolute Gasteiger partial charge is 0.474 e. The summed E-state index contributed by atoms with van der Waals surface area (Å²) in [7, 11) is 0. The van der Waals surface area contributed by atoms with Crippen LogP contribution in [0.1, 0.15) is 44.6 Å². The first kappa shape index (κ1) is 14.3. The molecule has 1 saturated carbocycles. The van der Waals surface area contributed by atoms with Gasteiger partial charge in [-0.3, -0.25) is 0 Å². The number of para-hydroxylation sites is 1. The number of hydrogen-bond donors (Lipinski definition) is 1. The number of fused-ring (bicyclic) bond motifs is 1. The smallest absolute Gasteiger partial charge is 0.214 e. The molecule has 0 bridgehead atoms. The second-order valence-electron chi connectivity index (χ2n) is 5.95. The molecule has 0 saturated heterocycles. The van der Waals surface area contributed by atoms with Crippen molar-refractivity contribution in [1.29, 1.82) is 0 Å². The van der Waals surface area contributed by atoms with E-state index in [0.29, 0.717) is 18.6 Å². The van der Waals surface area contributed by atoms with Crippen LogP contribution in [-0.2, 0) is 6.54 Å². The van der Waals surface area contributed by atoms with Gasteiger partial charge in [0.1, 0.15) is 6.10 Å². The van der Waals surface area contributed by atoms with E-state index in [0.717, 1.165) is 28.8 Å². The van der Waals surface area contributed by atoms with E-state index in [9.17, 15) is 0 Å². The average molecular weight is 284 g/mol. The van der Waals surface area contributed by atoms with Crippen LogP contribution in [0.3, 0.4) is 0 Å². The lowest BCUT2D eigenvalue weighted by Gasteiger charge is -2.31. The average Bonchev–Trinajstić information content (AvgIpc) is 2.54. The quantitative estimate of drug-likeness (QED) is 0.921. The standard InChI is InChI=1S/C18H24N2O/c1-2-13-7-3-6-10-17(13)21-18-11-14(12-19)15-8-4-5-9-16(15)20-18/h4-5,8-9,11,13,17H,2-3,6-7,10,12,19H2,1H3. The van der Waals surface area contributed by atoms with Crippen molar-refractivity contribution in [1.82, 2.24) is 4.98 Å². The lowest BCUT2D eigenvalue weighted by molar-refractivity contribution is 0.0861. The van der Waals surface area contributed by atoms with Crippen molar-refractivity contribution in [3.05, 3.63) is 35.9 Å². The number of benzene rings is 1. The van der Waals surface area contributed by atoms with Crippen LogP contribution in [0.15, 0.2) is 30.3 Å². The molecule has 0 aliphatic heterocycles. The Labute approximate surface area is 126 Å². The third-order valence-electron chi connectivity index (χ3n) is 4.63. The molecule has 2 aromatic rings. The third kappa shape index (κ3) is 3.03. The van der Waals surface area contributed by atoms with Gasteiger partial charge in [-0.25, -0.2) is 4.98 Å². The van der Waals surface area contributed by atoms with Gasteiger partial charge in [-0.15, -0.1) is 0 Å². The molecule has 0 amide bonds. The highest BCUT2D eigenvalue weighted by molar-refractivity contribution is 5.82. The highest BCUT2D eigenvalue weighted by atomic mass is 16.5. The van der Waals surface area contributed by atoms with Gasteiger partial charge in [0.05, 0.1) is 5.52 Å². The monoisotopic (exact) mass is 284 g/mol. The fourth-order valence-electron chi connectivity index (χ4n) is 3.40. The van der Waals surface area contributed by atoms with Gasteiger partial charge in [0.15, 0.2) is 0 Å². The topological polar surface area (TPSA) is 48.1 Å². The van der Waals surface area contributed by atoms with Gasteiger partial charge in [0.25, 0.3) is 0 Å². The van der Waals surface area contributed by atoms with Crippen LogP contribution in [-0.4, -0.2) is 11.1 Å². The molecule has 112 valence electrons. The van der Waals surface area contributed by atoms with Crippen molar-refractivity contribution >= 4 is 10.9 Å². The molecule has 1 aromatic heterocycles. The Balaban J connectivity index is 1.89. The minimum atomic E-state index is 0.308. The Kier molecular flexibility index (Phi) is 4.39. The minimum Gasteiger partial charge on any atom is -0.474 e. The lowest BCUT2D eigenvalue weighted by Crippen LogP contribution is -2.30. The molecule has 2 unspecified atom stereocenters. The lowest BCUT2D eigenvalue weighted by atomic mass is 9.85. The molecule has 1 fully saturated rings. The fraction of sp³-hybridized carbons (Fsp3) is 0.500. The molecular formula is C18H24N2O. The van der Waals surface area contributed by atoms with E-state index in [4.69, 9.17) is 10.5 Å². The van der Waals surface area contributed by atoms with Gasteiger partial charge >= 0.3 is 0 Å². The molecule has 3 heteroatoms. The van der Waals surface area contributed by atoms with Gasteiger partial charge in [0.2, 0.25) is 5.88 Å². The summed E-state index contributed by atoms with van der Waals surface area (Å²) < 4.78 is 6.24. The molecule has 1 heterocycles. The third-order valence-corrected chi connectivity index (χ3v) is 4.63. The van der Waals surface area contributed by atoms with Crippen LogP contribution in [0.4, 0.5) is 0 Å². The number of rotatable bonds is 4. The summed E-state index contributed by atoms with van der Waals surface area (Å²) >= 11 is 0. The molecule has 1 aromatic carbocycles. The van der Waals surface area contributed by atoms with Crippen molar-refractivity contribution < 1.29 is 4.74 Å². The molecule has 0 spiro atoms. The Morgan fingerprint density at radius 2 is 2.05 bits per heavy atom. The van der Waals surface area contributed by atoms with Crippen molar-refractivity contribution in [3.8, 4) is 5.88 Å². The zero-order chi connectivity index (χ0) is 14.7. The van der Waals surface area contributed by atoms with Crippen molar-refractivity contribution in [2.24, 2.45) is 11.7 Å². The van der Waals surface area contributed by atoms with Gasteiger partial charge in [-0.1, -0.05) is 31.5 Å². The highest BCUT2D eigenvalue weighted by Gasteiger charge is 2.25. The molecule has 21 heavy (non-hydrogen) atoms. The molecule has 3 rings (SSSR count). The summed E-state index contributed by atoms with van der Waals surface area (Å²) in [5.41, 5.74) is 7.97. The van der Waals surface area contributed by atoms with E-state index >= 15 is 0 Å². The second kappa shape index (κ2) is 6.44. The Hall–Kier alpha value is -1.61. The summed E-state index contributed by atoms with van der Waals surface area (Å²) in [6.45, 7) is 2.77. The van der Waals surface area contributed by atoms with E-state index in [1.54, 1.807) is 0 Å². The number of aromatic nitrogens is 1. The van der Waals surface area contributed by atoms with Crippen molar-refractivity contribution in [2.75, 3.05) is 0 Å². The molecule has 1 aliphatic rings. The first-order chi connectivity index (χ1) is 10.3. The number of hydrogen-bond acceptors (Lipinski definition) is 3. The molecule has 2 atom stereocenters. The Morgan fingerprint density at radius 1 is 1.24 bits per heavy atom. The van der Waals surface area contributed by atoms with Crippen LogP contribution >= 0.6 is 0 Å². The highest BCUT2D eigenvalue weighted by Crippen LogP contribution is 2.31. The maximum Gasteiger partial charge on any atom is 0.214 e. The first-order valence-electron chi connectivity index (χ1n) is 8.07. The Bertz CT molecular complexity index is 611. The normalized spacial score (nSPS) is 22.4. The maximum absolute atomic E-state index is 6.24. The SMILES string of the molecule is CCC1CCCCC1Oc1cc(CN)c2ccccc2n1. The Morgan fingerprint density at radius 3 is 2.86 bits per heavy atom. The van der Waals surface area contributed by atoms with E-state index in [1.807, 2.05) is 24.3 Å². The summed E-state index contributed by atoms with van der Waals surface area (Å²) in [6.07, 6.45) is 6.50. The molecule has 2 N–H and O–H groups in total. The zero-order valence-electron chi connectivity index (χ0n) is 12.7. The predicted octanol–water partition coefficient (Wildman–Crippen LogP) is 4.04. The number of ether oxygens (including phenoxy) is 1. The zero-order valence-corrected chi connectivity index (χ0v) is 12.7. The summed E-state index contributed by atoms with van der Waals surface area (Å²) in [5, 5.41) is 1.13. The van der Waals surface area contributed by atoms with Crippen LogP contribution < -0.4 is 10.5 Å². The predicted molar refractivity (Wildman–Crippen MR) is 86.3 cm³/mol. The van der Waals surface area contributed by atoms with E-state index in [2.05, 4.69) is 18.0 Å². The molecular weight excluding hydrogens is 260 g/mol. The number of pyridine rings is 1. The molecule has 1 aliphatic carbocycles. The van der Waals surface area contributed by atoms with E-state index in [1.165, 1.54) is 25.7 Å². The maximum atomic E-state index is 6.24. The fourth-order valence-corrected chi connectivity index (χ4v) is 3.40. The van der Waals surface area contributed by atoms with Crippen LogP contribution in [0, 0.1) is 5.92 Å². The van der Waals surface area contributed by atoms with Crippen LogP contribution in [0.5, 0.6) is 5.88 Å². The number of nitrogens with two attached hydrogens (primary N) is 1. The van der Waals surface area contributed by atoms with Gasteiger partial charge in [0, 0.05) is 18.0 Å². The number of nitrogens with zero attached hydrogens (tertiary/aromatic N) is 1. The second-order valence-corrected chi connectivity index (χ2v) is 5.95. The van der Waals surface area contributed by atoms with Gasteiger partial charge in [-0.05, 0) is 43.2 Å². The first-order valence-corrected chi connectivity index (χ1v) is 8.07.